The molecule has 9 nitrogen and oxygen atoms in total. The van der Waals surface area contributed by atoms with Crippen molar-refractivity contribution in [2.45, 2.75) is 18.6 Å². The SMILES string of the molecule is COc1cc(OC)cc(-c2nnc(NC(=O)CCCS(=O)(=O)Cc3ccccc3)o2)c1. The average molecular weight is 445 g/mol. The number of amides is 1. The molecular formula is C21H23N3O6S. The van der Waals surface area contributed by atoms with Crippen molar-refractivity contribution in [2.75, 3.05) is 25.3 Å². The van der Waals surface area contributed by atoms with E-state index in [2.05, 4.69) is 15.5 Å². The minimum Gasteiger partial charge on any atom is -0.497 e. The van der Waals surface area contributed by atoms with Crippen molar-refractivity contribution in [3.8, 4) is 23.0 Å². The number of sulfone groups is 1. The van der Waals surface area contributed by atoms with Gasteiger partial charge in [-0.2, -0.15) is 0 Å². The first-order valence-electron chi connectivity index (χ1n) is 9.49. The van der Waals surface area contributed by atoms with Gasteiger partial charge >= 0.3 is 6.01 Å². The fraction of sp³-hybridized carbons (Fsp3) is 0.286. The second-order valence-electron chi connectivity index (χ2n) is 6.74. The monoisotopic (exact) mass is 445 g/mol. The average Bonchev–Trinajstić information content (AvgIpc) is 3.22. The van der Waals surface area contributed by atoms with E-state index in [4.69, 9.17) is 13.9 Å². The summed E-state index contributed by atoms with van der Waals surface area (Å²) in [6.45, 7) is 0. The van der Waals surface area contributed by atoms with E-state index in [-0.39, 0.29) is 36.3 Å². The van der Waals surface area contributed by atoms with Crippen LogP contribution in [0.4, 0.5) is 6.01 Å². The lowest BCUT2D eigenvalue weighted by atomic mass is 10.2. The number of aromatic nitrogens is 2. The molecule has 3 rings (SSSR count). The number of nitrogens with one attached hydrogen (secondary N) is 1. The molecule has 0 radical (unpaired) electrons. The van der Waals surface area contributed by atoms with Crippen LogP contribution in [0.5, 0.6) is 11.5 Å². The molecule has 1 N–H and O–H groups in total. The maximum Gasteiger partial charge on any atom is 0.322 e. The third-order valence-electron chi connectivity index (χ3n) is 4.36. The van der Waals surface area contributed by atoms with Gasteiger partial charge in [-0.25, -0.2) is 8.42 Å². The molecular weight excluding hydrogens is 422 g/mol. The lowest BCUT2D eigenvalue weighted by Crippen LogP contribution is -2.15. The summed E-state index contributed by atoms with van der Waals surface area (Å²) in [6, 6.07) is 13.9. The molecule has 164 valence electrons. The van der Waals surface area contributed by atoms with Crippen LogP contribution in [0, 0.1) is 0 Å². The second kappa shape index (κ2) is 10.1. The van der Waals surface area contributed by atoms with Crippen LogP contribution in [0.25, 0.3) is 11.5 Å². The highest BCUT2D eigenvalue weighted by atomic mass is 32.2. The second-order valence-corrected chi connectivity index (χ2v) is 8.93. The summed E-state index contributed by atoms with van der Waals surface area (Å²) in [7, 11) is -0.252. The number of rotatable bonds is 10. The number of benzene rings is 2. The molecule has 2 aromatic carbocycles. The molecule has 0 saturated heterocycles. The predicted octanol–water partition coefficient (Wildman–Crippen LogP) is 3.09. The van der Waals surface area contributed by atoms with Crippen LogP contribution in [-0.4, -0.2) is 44.5 Å². The number of carbonyl (C=O) groups is 1. The molecule has 0 saturated carbocycles. The lowest BCUT2D eigenvalue weighted by molar-refractivity contribution is -0.116. The van der Waals surface area contributed by atoms with Gasteiger partial charge in [0.1, 0.15) is 11.5 Å². The normalized spacial score (nSPS) is 11.2. The molecule has 0 fully saturated rings. The van der Waals surface area contributed by atoms with Gasteiger partial charge in [-0.3, -0.25) is 10.1 Å². The number of hydrogen-bond donors (Lipinski definition) is 1. The predicted molar refractivity (Wildman–Crippen MR) is 115 cm³/mol. The van der Waals surface area contributed by atoms with E-state index in [1.807, 2.05) is 6.07 Å². The zero-order chi connectivity index (χ0) is 22.3. The number of anilines is 1. The summed E-state index contributed by atoms with van der Waals surface area (Å²) in [6.07, 6.45) is 0.202. The first kappa shape index (κ1) is 22.3. The van der Waals surface area contributed by atoms with Crippen molar-refractivity contribution < 1.29 is 27.1 Å². The molecule has 1 aromatic heterocycles. The van der Waals surface area contributed by atoms with E-state index in [0.717, 1.165) is 5.56 Å². The van der Waals surface area contributed by atoms with E-state index in [1.54, 1.807) is 42.5 Å². The third kappa shape index (κ3) is 6.54. The van der Waals surface area contributed by atoms with Gasteiger partial charge in [0.05, 0.1) is 25.7 Å². The largest absolute Gasteiger partial charge is 0.497 e. The van der Waals surface area contributed by atoms with Crippen molar-refractivity contribution in [1.29, 1.82) is 0 Å². The molecule has 31 heavy (non-hydrogen) atoms. The minimum atomic E-state index is -3.30. The van der Waals surface area contributed by atoms with Crippen molar-refractivity contribution in [1.82, 2.24) is 10.2 Å². The minimum absolute atomic E-state index is 0.0126. The van der Waals surface area contributed by atoms with Gasteiger partial charge in [-0.05, 0) is 24.1 Å². The van der Waals surface area contributed by atoms with Gasteiger partial charge in [0.25, 0.3) is 0 Å². The fourth-order valence-electron chi connectivity index (χ4n) is 2.86. The van der Waals surface area contributed by atoms with Gasteiger partial charge in [0, 0.05) is 18.1 Å². The maximum absolute atomic E-state index is 12.2. The van der Waals surface area contributed by atoms with Crippen LogP contribution >= 0.6 is 0 Å². The zero-order valence-electron chi connectivity index (χ0n) is 17.2. The summed E-state index contributed by atoms with van der Waals surface area (Å²) < 4.78 is 40.3. The number of carbonyl (C=O) groups excluding carboxylic acids is 1. The van der Waals surface area contributed by atoms with Gasteiger partial charge < -0.3 is 13.9 Å². The topological polar surface area (TPSA) is 121 Å². The molecule has 0 aliphatic heterocycles. The van der Waals surface area contributed by atoms with E-state index in [1.165, 1.54) is 14.2 Å². The van der Waals surface area contributed by atoms with Crippen molar-refractivity contribution in [3.05, 3.63) is 54.1 Å². The highest BCUT2D eigenvalue weighted by Crippen LogP contribution is 2.29. The molecule has 0 spiro atoms. The number of nitrogens with zero attached hydrogens (tertiary/aromatic N) is 2. The molecule has 0 aliphatic carbocycles. The molecule has 0 atom stereocenters. The standard InChI is InChI=1S/C21H23N3O6S/c1-28-17-11-16(12-18(13-17)29-2)20-23-24-21(30-20)22-19(25)9-6-10-31(26,27)14-15-7-4-3-5-8-15/h3-5,7-8,11-13H,6,9-10,14H2,1-2H3,(H,22,24,25). The number of hydrogen-bond acceptors (Lipinski definition) is 8. The van der Waals surface area contributed by atoms with Crippen molar-refractivity contribution >= 4 is 21.8 Å². The Morgan fingerprint density at radius 2 is 1.71 bits per heavy atom. The fourth-order valence-corrected chi connectivity index (χ4v) is 4.28. The molecule has 1 heterocycles. The van der Waals surface area contributed by atoms with Gasteiger partial charge in [0.15, 0.2) is 9.84 Å². The smallest absolute Gasteiger partial charge is 0.322 e. The zero-order valence-corrected chi connectivity index (χ0v) is 18.0. The van der Waals surface area contributed by atoms with Gasteiger partial charge in [-0.15, -0.1) is 5.10 Å². The maximum atomic E-state index is 12.2. The Balaban J connectivity index is 1.53. The van der Waals surface area contributed by atoms with Crippen molar-refractivity contribution in [3.63, 3.8) is 0 Å². The van der Waals surface area contributed by atoms with Crippen LogP contribution in [-0.2, 0) is 20.4 Å². The number of ether oxygens (including phenoxy) is 2. The van der Waals surface area contributed by atoms with Crippen LogP contribution in [0.15, 0.2) is 52.9 Å². The Bertz CT molecular complexity index is 1110. The first-order valence-corrected chi connectivity index (χ1v) is 11.3. The van der Waals surface area contributed by atoms with Gasteiger partial charge in [0.2, 0.25) is 11.8 Å². The molecule has 0 aliphatic rings. The molecule has 1 amide bonds. The Hall–Kier alpha value is -3.40. The Morgan fingerprint density at radius 1 is 1.03 bits per heavy atom. The quantitative estimate of drug-likeness (QED) is 0.505. The van der Waals surface area contributed by atoms with E-state index in [9.17, 15) is 13.2 Å². The highest BCUT2D eigenvalue weighted by molar-refractivity contribution is 7.90. The van der Waals surface area contributed by atoms with Crippen molar-refractivity contribution in [2.24, 2.45) is 0 Å². The molecule has 0 unspecified atom stereocenters. The summed E-state index contributed by atoms with van der Waals surface area (Å²) in [5, 5.41) is 10.2. The Labute approximate surface area is 180 Å². The summed E-state index contributed by atoms with van der Waals surface area (Å²) >= 11 is 0. The van der Waals surface area contributed by atoms with E-state index < -0.39 is 15.7 Å². The highest BCUT2D eigenvalue weighted by Gasteiger charge is 2.16. The Morgan fingerprint density at radius 3 is 2.35 bits per heavy atom. The van der Waals surface area contributed by atoms with E-state index in [0.29, 0.717) is 17.1 Å². The lowest BCUT2D eigenvalue weighted by Gasteiger charge is -2.06. The third-order valence-corrected chi connectivity index (χ3v) is 6.04. The molecule has 10 heteroatoms. The van der Waals surface area contributed by atoms with Crippen LogP contribution < -0.4 is 14.8 Å². The number of methoxy groups -OCH3 is 2. The van der Waals surface area contributed by atoms with Crippen LogP contribution in [0.3, 0.4) is 0 Å². The van der Waals surface area contributed by atoms with E-state index >= 15 is 0 Å². The molecule has 0 bridgehead atoms. The summed E-state index contributed by atoms with van der Waals surface area (Å²) in [5.74, 6) is 0.733. The Kier molecular flexibility index (Phi) is 7.24. The summed E-state index contributed by atoms with van der Waals surface area (Å²) in [4.78, 5) is 12.1. The van der Waals surface area contributed by atoms with Crippen LogP contribution in [0.2, 0.25) is 0 Å². The van der Waals surface area contributed by atoms with Crippen LogP contribution in [0.1, 0.15) is 18.4 Å². The van der Waals surface area contributed by atoms with Gasteiger partial charge in [-0.1, -0.05) is 35.4 Å². The molecule has 3 aromatic rings. The first-order chi connectivity index (χ1) is 14.9. The summed E-state index contributed by atoms with van der Waals surface area (Å²) in [5.41, 5.74) is 1.29.